The number of aromatic nitrogens is 1. The van der Waals surface area contributed by atoms with Crippen LogP contribution in [0.5, 0.6) is 11.5 Å². The molecule has 43 heavy (non-hydrogen) atoms. The molecule has 0 fully saturated rings. The second-order valence-corrected chi connectivity index (χ2v) is 12.2. The van der Waals surface area contributed by atoms with E-state index in [1.165, 1.54) is 11.3 Å². The summed E-state index contributed by atoms with van der Waals surface area (Å²) in [5.41, 5.74) is 2.70. The van der Waals surface area contributed by atoms with Crippen LogP contribution in [0.15, 0.2) is 87.0 Å². The summed E-state index contributed by atoms with van der Waals surface area (Å²) in [6, 6.07) is 20.1. The zero-order valence-electron chi connectivity index (χ0n) is 24.4. The van der Waals surface area contributed by atoms with Crippen LogP contribution in [-0.2, 0) is 9.53 Å². The SMILES string of the molecule is CCOC(=O)C1=C(c2ccccc2)N=c2s/c(=C\c3cc(Cl)c(OC(C)C)c(OC)c3)c(=O)n2[C@H]1c1ccc(SC)cc1. The Hall–Kier alpha value is -3.79. The molecule has 222 valence electrons. The molecule has 1 aromatic heterocycles. The maximum atomic E-state index is 14.2. The van der Waals surface area contributed by atoms with Gasteiger partial charge in [0.2, 0.25) is 0 Å². The van der Waals surface area contributed by atoms with E-state index < -0.39 is 12.0 Å². The first-order valence-electron chi connectivity index (χ1n) is 13.7. The summed E-state index contributed by atoms with van der Waals surface area (Å²) < 4.78 is 19.0. The van der Waals surface area contributed by atoms with E-state index in [2.05, 4.69) is 0 Å². The van der Waals surface area contributed by atoms with E-state index in [-0.39, 0.29) is 18.3 Å². The van der Waals surface area contributed by atoms with Gasteiger partial charge in [0.1, 0.15) is 0 Å². The Morgan fingerprint density at radius 3 is 2.49 bits per heavy atom. The molecule has 0 aliphatic carbocycles. The number of halogens is 1. The molecule has 5 rings (SSSR count). The monoisotopic (exact) mass is 634 g/mol. The molecule has 0 radical (unpaired) electrons. The number of methoxy groups -OCH3 is 1. The molecule has 0 saturated heterocycles. The van der Waals surface area contributed by atoms with Crippen molar-refractivity contribution in [3.05, 3.63) is 114 Å². The van der Waals surface area contributed by atoms with Crippen molar-refractivity contribution < 1.29 is 19.0 Å². The molecule has 3 aromatic carbocycles. The molecule has 1 atom stereocenters. The van der Waals surface area contributed by atoms with Crippen LogP contribution in [0.25, 0.3) is 11.8 Å². The van der Waals surface area contributed by atoms with Gasteiger partial charge in [0.15, 0.2) is 16.3 Å². The fourth-order valence-electron chi connectivity index (χ4n) is 4.87. The summed E-state index contributed by atoms with van der Waals surface area (Å²) in [5.74, 6) is 0.386. The van der Waals surface area contributed by atoms with E-state index in [1.54, 1.807) is 48.6 Å². The predicted molar refractivity (Wildman–Crippen MR) is 173 cm³/mol. The third-order valence-corrected chi connectivity index (χ3v) is 8.72. The lowest BCUT2D eigenvalue weighted by molar-refractivity contribution is -0.138. The molecule has 0 spiro atoms. The quantitative estimate of drug-likeness (QED) is 0.163. The number of hydrogen-bond donors (Lipinski definition) is 0. The van der Waals surface area contributed by atoms with Gasteiger partial charge in [-0.1, -0.05) is 65.4 Å². The molecule has 0 bridgehead atoms. The Morgan fingerprint density at radius 2 is 1.86 bits per heavy atom. The van der Waals surface area contributed by atoms with Gasteiger partial charge in [-0.15, -0.1) is 11.8 Å². The van der Waals surface area contributed by atoms with Crippen molar-refractivity contribution in [2.75, 3.05) is 20.0 Å². The first-order valence-corrected chi connectivity index (χ1v) is 16.1. The van der Waals surface area contributed by atoms with Gasteiger partial charge in [0.25, 0.3) is 5.56 Å². The largest absolute Gasteiger partial charge is 0.493 e. The first-order chi connectivity index (χ1) is 20.7. The van der Waals surface area contributed by atoms with Gasteiger partial charge in [-0.25, -0.2) is 9.79 Å². The lowest BCUT2D eigenvalue weighted by atomic mass is 9.93. The number of rotatable bonds is 9. The molecule has 4 aromatic rings. The number of esters is 1. The predicted octanol–water partition coefficient (Wildman–Crippen LogP) is 6.11. The van der Waals surface area contributed by atoms with Crippen LogP contribution in [0.3, 0.4) is 0 Å². The van der Waals surface area contributed by atoms with Crippen molar-refractivity contribution in [1.82, 2.24) is 4.57 Å². The number of benzene rings is 3. The summed E-state index contributed by atoms with van der Waals surface area (Å²) in [4.78, 5) is 34.2. The number of thiazole rings is 1. The molecule has 0 amide bonds. The highest BCUT2D eigenvalue weighted by Crippen LogP contribution is 2.38. The van der Waals surface area contributed by atoms with Gasteiger partial charge in [0, 0.05) is 10.5 Å². The van der Waals surface area contributed by atoms with Gasteiger partial charge >= 0.3 is 5.97 Å². The highest BCUT2D eigenvalue weighted by Gasteiger charge is 2.35. The van der Waals surface area contributed by atoms with E-state index in [0.29, 0.717) is 42.7 Å². The fourth-order valence-corrected chi connectivity index (χ4v) is 6.54. The minimum atomic E-state index is -0.747. The van der Waals surface area contributed by atoms with Gasteiger partial charge < -0.3 is 14.2 Å². The maximum absolute atomic E-state index is 14.2. The van der Waals surface area contributed by atoms with E-state index in [9.17, 15) is 9.59 Å². The standard InChI is InChI=1S/C33H31ClN2O5S2/c1-6-40-32(38)27-28(21-10-8-7-9-11-21)35-33-36(29(27)22-12-14-23(42-5)15-13-22)31(37)26(43-33)18-20-16-24(34)30(41-19(2)3)25(17-20)39-4/h7-19,29H,6H2,1-5H3/b26-18-/t29-/m0/s1. The summed E-state index contributed by atoms with van der Waals surface area (Å²) in [6.45, 7) is 5.76. The van der Waals surface area contributed by atoms with Crippen LogP contribution >= 0.6 is 34.7 Å². The zero-order chi connectivity index (χ0) is 30.7. The van der Waals surface area contributed by atoms with Gasteiger partial charge in [-0.05, 0) is 68.5 Å². The summed E-state index contributed by atoms with van der Waals surface area (Å²) in [7, 11) is 1.54. The van der Waals surface area contributed by atoms with Crippen LogP contribution in [0.2, 0.25) is 5.02 Å². The Labute approximate surface area is 263 Å². The van der Waals surface area contributed by atoms with E-state index in [4.69, 9.17) is 30.8 Å². The van der Waals surface area contributed by atoms with Crippen LogP contribution < -0.4 is 24.4 Å². The Balaban J connectivity index is 1.77. The Bertz CT molecular complexity index is 1860. The van der Waals surface area contributed by atoms with Crippen LogP contribution in [0.1, 0.15) is 43.5 Å². The van der Waals surface area contributed by atoms with Crippen LogP contribution in [-0.4, -0.2) is 36.6 Å². The summed E-state index contributed by atoms with van der Waals surface area (Å²) in [6.07, 6.45) is 3.65. The highest BCUT2D eigenvalue weighted by atomic mass is 35.5. The average molecular weight is 635 g/mol. The summed E-state index contributed by atoms with van der Waals surface area (Å²) in [5, 5.41) is 0.370. The van der Waals surface area contributed by atoms with Gasteiger partial charge in [-0.3, -0.25) is 9.36 Å². The number of carbonyl (C=O) groups excluding carboxylic acids is 1. The van der Waals surface area contributed by atoms with E-state index in [1.807, 2.05) is 74.7 Å². The number of ether oxygens (including phenoxy) is 3. The van der Waals surface area contributed by atoms with Crippen molar-refractivity contribution in [2.45, 2.75) is 37.8 Å². The third-order valence-electron chi connectivity index (χ3n) is 6.71. The minimum absolute atomic E-state index is 0.0988. The molecular weight excluding hydrogens is 604 g/mol. The topological polar surface area (TPSA) is 79.1 Å². The summed E-state index contributed by atoms with van der Waals surface area (Å²) >= 11 is 9.44. The minimum Gasteiger partial charge on any atom is -0.493 e. The number of thioether (sulfide) groups is 1. The maximum Gasteiger partial charge on any atom is 0.338 e. The van der Waals surface area contributed by atoms with Crippen molar-refractivity contribution in [3.63, 3.8) is 0 Å². The number of nitrogens with zero attached hydrogens (tertiary/aromatic N) is 2. The van der Waals surface area contributed by atoms with Gasteiger partial charge in [0.05, 0.1) is 46.7 Å². The van der Waals surface area contributed by atoms with Crippen molar-refractivity contribution in [2.24, 2.45) is 4.99 Å². The molecule has 0 unspecified atom stereocenters. The Morgan fingerprint density at radius 1 is 1.14 bits per heavy atom. The lowest BCUT2D eigenvalue weighted by Gasteiger charge is -2.26. The average Bonchev–Trinajstić information content (AvgIpc) is 3.32. The van der Waals surface area contributed by atoms with Crippen LogP contribution in [0, 0.1) is 0 Å². The zero-order valence-corrected chi connectivity index (χ0v) is 26.8. The molecule has 10 heteroatoms. The molecule has 2 heterocycles. The Kier molecular flexibility index (Phi) is 9.44. The van der Waals surface area contributed by atoms with Crippen molar-refractivity contribution in [3.8, 4) is 11.5 Å². The molecule has 1 aliphatic heterocycles. The number of hydrogen-bond acceptors (Lipinski definition) is 8. The molecule has 7 nitrogen and oxygen atoms in total. The first kappa shape index (κ1) is 30.7. The normalized spacial score (nSPS) is 14.9. The van der Waals surface area contributed by atoms with Crippen molar-refractivity contribution >= 4 is 52.4 Å². The number of fused-ring (bicyclic) bond motifs is 1. The molecule has 0 N–H and O–H groups in total. The van der Waals surface area contributed by atoms with E-state index in [0.717, 1.165) is 16.0 Å². The second-order valence-electron chi connectivity index (χ2n) is 9.91. The number of carbonyl (C=O) groups is 1. The molecule has 0 saturated carbocycles. The highest BCUT2D eigenvalue weighted by molar-refractivity contribution is 7.98. The lowest BCUT2D eigenvalue weighted by Crippen LogP contribution is -2.40. The van der Waals surface area contributed by atoms with E-state index >= 15 is 0 Å². The smallest absolute Gasteiger partial charge is 0.338 e. The fraction of sp³-hybridized carbons (Fsp3) is 0.242. The van der Waals surface area contributed by atoms with Gasteiger partial charge in [-0.2, -0.15) is 0 Å². The van der Waals surface area contributed by atoms with Crippen molar-refractivity contribution in [1.29, 1.82) is 0 Å². The molecular formula is C33H31ClN2O5S2. The third kappa shape index (κ3) is 6.30. The second kappa shape index (κ2) is 13.2. The molecule has 1 aliphatic rings. The van der Waals surface area contributed by atoms with Crippen LogP contribution in [0.4, 0.5) is 0 Å².